The number of sulfonamides is 1. The molecular formula is C26H22N2O3S. The van der Waals surface area contributed by atoms with Crippen LogP contribution in [-0.4, -0.2) is 30.8 Å². The van der Waals surface area contributed by atoms with Crippen molar-refractivity contribution in [2.24, 2.45) is 0 Å². The van der Waals surface area contributed by atoms with Gasteiger partial charge in [-0.2, -0.15) is 9.29 Å². The van der Waals surface area contributed by atoms with E-state index in [-0.39, 0.29) is 10.8 Å². The van der Waals surface area contributed by atoms with Gasteiger partial charge in [0.05, 0.1) is 0 Å². The van der Waals surface area contributed by atoms with E-state index in [0.717, 1.165) is 16.7 Å². The molecule has 5 rings (SSSR count). The maximum absolute atomic E-state index is 13.6. The summed E-state index contributed by atoms with van der Waals surface area (Å²) < 4.78 is 34.8. The Labute approximate surface area is 187 Å². The largest absolute Gasteiger partial charge is 0.435 e. The van der Waals surface area contributed by atoms with Gasteiger partial charge in [0.1, 0.15) is 0 Å². The van der Waals surface area contributed by atoms with Crippen molar-refractivity contribution in [2.45, 2.75) is 11.4 Å². The molecule has 2 heterocycles. The Hall–Kier alpha value is -3.48. The van der Waals surface area contributed by atoms with E-state index in [4.69, 9.17) is 4.42 Å². The molecule has 0 saturated carbocycles. The highest BCUT2D eigenvalue weighted by atomic mass is 32.2. The maximum Gasteiger partial charge on any atom is 0.264 e. The fourth-order valence-electron chi connectivity index (χ4n) is 3.86. The van der Waals surface area contributed by atoms with Crippen LogP contribution in [0.5, 0.6) is 0 Å². The highest BCUT2D eigenvalue weighted by molar-refractivity contribution is 7.89. The molecule has 3 aromatic carbocycles. The van der Waals surface area contributed by atoms with Gasteiger partial charge in [-0.3, -0.25) is 0 Å². The van der Waals surface area contributed by atoms with Crippen molar-refractivity contribution in [3.05, 3.63) is 103 Å². The molecule has 6 heteroatoms. The van der Waals surface area contributed by atoms with Crippen LogP contribution in [0.3, 0.4) is 0 Å². The standard InChI is InChI=1S/C26H22N2O3S/c29-32(30,28-18-16-21(17-19-28)20-10-4-1-5-11-20)26-24(22-12-6-2-7-13-22)31-25(27-26)23-14-8-3-9-15-23/h1-16H,17-19H2. The molecule has 5 nitrogen and oxygen atoms in total. The van der Waals surface area contributed by atoms with Crippen LogP contribution in [0, 0.1) is 0 Å². The number of benzene rings is 3. The number of oxazole rings is 1. The molecule has 0 atom stereocenters. The lowest BCUT2D eigenvalue weighted by molar-refractivity contribution is 0.439. The Balaban J connectivity index is 1.53. The third kappa shape index (κ3) is 3.90. The quantitative estimate of drug-likeness (QED) is 0.410. The Kier molecular flexibility index (Phi) is 5.47. The summed E-state index contributed by atoms with van der Waals surface area (Å²) in [4.78, 5) is 4.46. The van der Waals surface area contributed by atoms with Gasteiger partial charge in [0, 0.05) is 24.2 Å². The predicted octanol–water partition coefficient (Wildman–Crippen LogP) is 5.49. The molecule has 1 aliphatic heterocycles. The van der Waals surface area contributed by atoms with Crippen molar-refractivity contribution < 1.29 is 12.8 Å². The van der Waals surface area contributed by atoms with Gasteiger partial charge in [0.25, 0.3) is 10.0 Å². The molecule has 32 heavy (non-hydrogen) atoms. The smallest absolute Gasteiger partial charge is 0.264 e. The Morgan fingerprint density at radius 3 is 1.88 bits per heavy atom. The van der Waals surface area contributed by atoms with Gasteiger partial charge in [0.2, 0.25) is 10.9 Å². The van der Waals surface area contributed by atoms with Crippen molar-refractivity contribution in [3.63, 3.8) is 0 Å². The SMILES string of the molecule is O=S(=O)(c1nc(-c2ccccc2)oc1-c1ccccc1)N1CC=C(c2ccccc2)CC1. The van der Waals surface area contributed by atoms with Crippen molar-refractivity contribution in [3.8, 4) is 22.8 Å². The summed E-state index contributed by atoms with van der Waals surface area (Å²) >= 11 is 0. The van der Waals surface area contributed by atoms with Crippen LogP contribution in [0.4, 0.5) is 0 Å². The molecule has 1 aliphatic rings. The summed E-state index contributed by atoms with van der Waals surface area (Å²) in [5.41, 5.74) is 3.70. The second kappa shape index (κ2) is 8.57. The van der Waals surface area contributed by atoms with Crippen molar-refractivity contribution in [1.29, 1.82) is 0 Å². The zero-order valence-corrected chi connectivity index (χ0v) is 18.2. The van der Waals surface area contributed by atoms with Gasteiger partial charge in [0.15, 0.2) is 5.76 Å². The van der Waals surface area contributed by atoms with Crippen molar-refractivity contribution in [2.75, 3.05) is 13.1 Å². The normalized spacial score (nSPS) is 14.8. The van der Waals surface area contributed by atoms with E-state index >= 15 is 0 Å². The lowest BCUT2D eigenvalue weighted by Crippen LogP contribution is -2.35. The predicted molar refractivity (Wildman–Crippen MR) is 125 cm³/mol. The molecule has 0 spiro atoms. The van der Waals surface area contributed by atoms with E-state index in [9.17, 15) is 8.42 Å². The Bertz CT molecular complexity index is 1350. The molecule has 4 aromatic rings. The van der Waals surface area contributed by atoms with Crippen molar-refractivity contribution in [1.82, 2.24) is 9.29 Å². The van der Waals surface area contributed by atoms with Crippen LogP contribution in [0.1, 0.15) is 12.0 Å². The minimum absolute atomic E-state index is 0.0425. The van der Waals surface area contributed by atoms with Crippen LogP contribution >= 0.6 is 0 Å². The number of nitrogens with zero attached hydrogens (tertiary/aromatic N) is 2. The lowest BCUT2D eigenvalue weighted by atomic mass is 10.0. The van der Waals surface area contributed by atoms with E-state index in [1.165, 1.54) is 4.31 Å². The van der Waals surface area contributed by atoms with E-state index in [2.05, 4.69) is 4.98 Å². The molecule has 160 valence electrons. The molecule has 0 N–H and O–H groups in total. The van der Waals surface area contributed by atoms with Gasteiger partial charge in [-0.25, -0.2) is 8.42 Å². The topological polar surface area (TPSA) is 63.4 Å². The summed E-state index contributed by atoms with van der Waals surface area (Å²) in [6.07, 6.45) is 2.63. The highest BCUT2D eigenvalue weighted by Crippen LogP contribution is 2.35. The van der Waals surface area contributed by atoms with Gasteiger partial charge < -0.3 is 4.42 Å². The monoisotopic (exact) mass is 442 g/mol. The number of hydrogen-bond acceptors (Lipinski definition) is 4. The molecule has 0 radical (unpaired) electrons. The minimum atomic E-state index is -3.85. The van der Waals surface area contributed by atoms with Crippen LogP contribution in [0.25, 0.3) is 28.4 Å². The zero-order chi connectivity index (χ0) is 22.0. The van der Waals surface area contributed by atoms with E-state index in [1.807, 2.05) is 97.1 Å². The molecule has 0 bridgehead atoms. The Morgan fingerprint density at radius 2 is 1.31 bits per heavy atom. The third-order valence-electron chi connectivity index (χ3n) is 5.55. The van der Waals surface area contributed by atoms with E-state index < -0.39 is 10.0 Å². The first-order valence-corrected chi connectivity index (χ1v) is 11.9. The van der Waals surface area contributed by atoms with Gasteiger partial charge >= 0.3 is 0 Å². The number of aromatic nitrogens is 1. The Morgan fingerprint density at radius 1 is 0.750 bits per heavy atom. The first kappa shape index (κ1) is 20.4. The number of hydrogen-bond donors (Lipinski definition) is 0. The summed E-state index contributed by atoms with van der Waals surface area (Å²) in [5, 5.41) is -0.0425. The summed E-state index contributed by atoms with van der Waals surface area (Å²) in [7, 11) is -3.85. The lowest BCUT2D eigenvalue weighted by Gasteiger charge is -2.25. The molecule has 1 aromatic heterocycles. The first-order valence-electron chi connectivity index (χ1n) is 10.5. The van der Waals surface area contributed by atoms with Crippen LogP contribution in [0.15, 0.2) is 107 Å². The summed E-state index contributed by atoms with van der Waals surface area (Å²) in [6.45, 7) is 0.694. The van der Waals surface area contributed by atoms with Gasteiger partial charge in [-0.1, -0.05) is 84.9 Å². The minimum Gasteiger partial charge on any atom is -0.435 e. The molecule has 0 unspecified atom stereocenters. The summed E-state index contributed by atoms with van der Waals surface area (Å²) in [5.74, 6) is 0.558. The van der Waals surface area contributed by atoms with Crippen molar-refractivity contribution >= 4 is 15.6 Å². The van der Waals surface area contributed by atoms with E-state index in [0.29, 0.717) is 31.0 Å². The molecule has 0 aliphatic carbocycles. The van der Waals surface area contributed by atoms with Gasteiger partial charge in [-0.15, -0.1) is 0 Å². The second-order valence-corrected chi connectivity index (χ2v) is 9.45. The summed E-state index contributed by atoms with van der Waals surface area (Å²) in [6, 6.07) is 28.7. The molecule has 0 amide bonds. The van der Waals surface area contributed by atoms with Gasteiger partial charge in [-0.05, 0) is 29.7 Å². The first-order chi connectivity index (χ1) is 15.6. The molecule has 0 fully saturated rings. The number of rotatable bonds is 5. The second-order valence-electron chi connectivity index (χ2n) is 7.59. The maximum atomic E-state index is 13.6. The zero-order valence-electron chi connectivity index (χ0n) is 17.4. The fourth-order valence-corrected chi connectivity index (χ4v) is 5.30. The van der Waals surface area contributed by atoms with Crippen LogP contribution in [-0.2, 0) is 10.0 Å². The van der Waals surface area contributed by atoms with E-state index in [1.54, 1.807) is 0 Å². The average molecular weight is 443 g/mol. The van der Waals surface area contributed by atoms with Crippen LogP contribution < -0.4 is 0 Å². The average Bonchev–Trinajstić information content (AvgIpc) is 3.32. The highest BCUT2D eigenvalue weighted by Gasteiger charge is 2.33. The fraction of sp³-hybridized carbons (Fsp3) is 0.115. The van der Waals surface area contributed by atoms with Crippen LogP contribution in [0.2, 0.25) is 0 Å². The molecular weight excluding hydrogens is 420 g/mol. The third-order valence-corrected chi connectivity index (χ3v) is 7.33. The molecule has 0 saturated heterocycles.